The molecule has 0 bridgehead atoms. The van der Waals surface area contributed by atoms with Crippen molar-refractivity contribution in [2.24, 2.45) is 0 Å². The summed E-state index contributed by atoms with van der Waals surface area (Å²) in [4.78, 5) is 35.3. The van der Waals surface area contributed by atoms with Gasteiger partial charge in [-0.3, -0.25) is 25.2 Å². The number of anilines is 1. The molecule has 0 saturated carbocycles. The molecule has 1 heterocycles. The van der Waals surface area contributed by atoms with Crippen LogP contribution in [-0.2, 0) is 9.59 Å². The molecule has 114 valence electrons. The second-order valence-electron chi connectivity index (χ2n) is 4.30. The molecule has 0 saturated heterocycles. The molecule has 3 amide bonds. The number of thiophene rings is 1. The summed E-state index contributed by atoms with van der Waals surface area (Å²) < 4.78 is 0. The standard InChI is InChI=1S/C14H12ClN3O3S/c1-8-4-5-9(7-10(8)15)16-13(20)14(21)18-17-12(19)11-3-2-6-22-11/h2-7H,1H3,(H,16,20)(H,17,19)(H,18,21). The van der Waals surface area contributed by atoms with Crippen molar-refractivity contribution in [2.45, 2.75) is 6.92 Å². The van der Waals surface area contributed by atoms with Crippen molar-refractivity contribution in [2.75, 3.05) is 5.32 Å². The van der Waals surface area contributed by atoms with Crippen molar-refractivity contribution < 1.29 is 14.4 Å². The molecule has 2 rings (SSSR count). The first kappa shape index (κ1) is 16.0. The Morgan fingerprint density at radius 2 is 1.86 bits per heavy atom. The molecule has 0 fully saturated rings. The molecule has 1 aromatic carbocycles. The number of benzene rings is 1. The Balaban J connectivity index is 1.88. The van der Waals surface area contributed by atoms with Gasteiger partial charge in [0, 0.05) is 10.7 Å². The second kappa shape index (κ2) is 7.06. The average molecular weight is 338 g/mol. The summed E-state index contributed by atoms with van der Waals surface area (Å²) in [5, 5.41) is 4.59. The summed E-state index contributed by atoms with van der Waals surface area (Å²) >= 11 is 7.15. The van der Waals surface area contributed by atoms with Crippen LogP contribution >= 0.6 is 22.9 Å². The van der Waals surface area contributed by atoms with Gasteiger partial charge >= 0.3 is 11.8 Å². The van der Waals surface area contributed by atoms with Crippen molar-refractivity contribution in [3.05, 3.63) is 51.2 Å². The molecular weight excluding hydrogens is 326 g/mol. The third kappa shape index (κ3) is 4.06. The number of nitrogens with one attached hydrogen (secondary N) is 3. The Morgan fingerprint density at radius 1 is 1.09 bits per heavy atom. The van der Waals surface area contributed by atoms with Gasteiger partial charge in [0.15, 0.2) is 0 Å². The second-order valence-corrected chi connectivity index (χ2v) is 5.66. The maximum atomic E-state index is 11.7. The molecule has 0 spiro atoms. The fourth-order valence-corrected chi connectivity index (χ4v) is 2.30. The average Bonchev–Trinajstić information content (AvgIpc) is 3.02. The van der Waals surface area contributed by atoms with Crippen LogP contribution in [0.2, 0.25) is 5.02 Å². The number of hydrogen-bond acceptors (Lipinski definition) is 4. The van der Waals surface area contributed by atoms with Crippen LogP contribution < -0.4 is 16.2 Å². The first-order chi connectivity index (χ1) is 10.5. The molecule has 8 heteroatoms. The van der Waals surface area contributed by atoms with Crippen LogP contribution in [0.4, 0.5) is 5.69 Å². The monoisotopic (exact) mass is 337 g/mol. The first-order valence-electron chi connectivity index (χ1n) is 6.18. The molecule has 0 aliphatic heterocycles. The molecule has 1 aromatic heterocycles. The number of hydrogen-bond donors (Lipinski definition) is 3. The molecule has 0 aliphatic rings. The Hall–Kier alpha value is -2.38. The summed E-state index contributed by atoms with van der Waals surface area (Å²) in [7, 11) is 0. The minimum Gasteiger partial charge on any atom is -0.318 e. The topological polar surface area (TPSA) is 87.3 Å². The lowest BCUT2D eigenvalue weighted by atomic mass is 10.2. The zero-order valence-corrected chi connectivity index (χ0v) is 13.0. The van der Waals surface area contributed by atoms with E-state index >= 15 is 0 Å². The predicted molar refractivity (Wildman–Crippen MR) is 84.7 cm³/mol. The van der Waals surface area contributed by atoms with Crippen molar-refractivity contribution in [3.63, 3.8) is 0 Å². The molecule has 0 unspecified atom stereocenters. The van der Waals surface area contributed by atoms with E-state index in [1.54, 1.807) is 29.6 Å². The van der Waals surface area contributed by atoms with Crippen molar-refractivity contribution in [3.8, 4) is 0 Å². The maximum absolute atomic E-state index is 11.7. The summed E-state index contributed by atoms with van der Waals surface area (Å²) in [6.45, 7) is 1.82. The van der Waals surface area contributed by atoms with Gasteiger partial charge in [-0.2, -0.15) is 0 Å². The van der Waals surface area contributed by atoms with E-state index in [-0.39, 0.29) is 0 Å². The zero-order chi connectivity index (χ0) is 16.1. The third-order valence-electron chi connectivity index (χ3n) is 2.67. The van der Waals surface area contributed by atoms with Crippen molar-refractivity contribution in [1.82, 2.24) is 10.9 Å². The highest BCUT2D eigenvalue weighted by molar-refractivity contribution is 7.12. The van der Waals surface area contributed by atoms with Gasteiger partial charge in [0.1, 0.15) is 0 Å². The molecule has 3 N–H and O–H groups in total. The Kier molecular flexibility index (Phi) is 5.13. The predicted octanol–water partition coefficient (Wildman–Crippen LogP) is 2.11. The van der Waals surface area contributed by atoms with E-state index in [9.17, 15) is 14.4 Å². The normalized spacial score (nSPS) is 9.91. The van der Waals surface area contributed by atoms with E-state index in [1.165, 1.54) is 17.4 Å². The van der Waals surface area contributed by atoms with Crippen LogP contribution in [0.25, 0.3) is 0 Å². The SMILES string of the molecule is Cc1ccc(NC(=O)C(=O)NNC(=O)c2cccs2)cc1Cl. The first-order valence-corrected chi connectivity index (χ1v) is 7.44. The molecule has 0 radical (unpaired) electrons. The van der Waals surface area contributed by atoms with E-state index < -0.39 is 17.7 Å². The molecular formula is C14H12ClN3O3S. The van der Waals surface area contributed by atoms with Gasteiger partial charge in [-0.25, -0.2) is 0 Å². The van der Waals surface area contributed by atoms with Gasteiger partial charge in [0.25, 0.3) is 5.91 Å². The van der Waals surface area contributed by atoms with Crippen LogP contribution in [0.1, 0.15) is 15.2 Å². The molecule has 0 atom stereocenters. The van der Waals surface area contributed by atoms with Crippen molar-refractivity contribution in [1.29, 1.82) is 0 Å². The summed E-state index contributed by atoms with van der Waals surface area (Å²) in [5.74, 6) is -2.39. The summed E-state index contributed by atoms with van der Waals surface area (Å²) in [5.41, 5.74) is 5.44. The number of carbonyl (C=O) groups excluding carboxylic acids is 3. The van der Waals surface area contributed by atoms with Crippen LogP contribution in [0, 0.1) is 6.92 Å². The molecule has 6 nitrogen and oxygen atoms in total. The summed E-state index contributed by atoms with van der Waals surface area (Å²) in [6, 6.07) is 8.17. The molecule has 2 aromatic rings. The minimum absolute atomic E-state index is 0.389. The van der Waals surface area contributed by atoms with Crippen LogP contribution in [0.5, 0.6) is 0 Å². The number of halogens is 1. The van der Waals surface area contributed by atoms with E-state index in [0.29, 0.717) is 15.6 Å². The molecule has 22 heavy (non-hydrogen) atoms. The third-order valence-corrected chi connectivity index (χ3v) is 3.95. The van der Waals surface area contributed by atoms with Crippen LogP contribution in [-0.4, -0.2) is 17.7 Å². The lowest BCUT2D eigenvalue weighted by molar-refractivity contribution is -0.136. The van der Waals surface area contributed by atoms with Crippen LogP contribution in [0.3, 0.4) is 0 Å². The van der Waals surface area contributed by atoms with Gasteiger partial charge in [-0.05, 0) is 36.1 Å². The van der Waals surface area contributed by atoms with E-state index in [2.05, 4.69) is 10.7 Å². The summed E-state index contributed by atoms with van der Waals surface area (Å²) in [6.07, 6.45) is 0. The van der Waals surface area contributed by atoms with Gasteiger partial charge in [-0.1, -0.05) is 23.7 Å². The lowest BCUT2D eigenvalue weighted by Crippen LogP contribution is -2.46. The maximum Gasteiger partial charge on any atom is 0.328 e. The Labute approximate surface area is 135 Å². The van der Waals surface area contributed by atoms with Gasteiger partial charge in [0.2, 0.25) is 0 Å². The number of rotatable bonds is 2. The van der Waals surface area contributed by atoms with E-state index in [0.717, 1.165) is 5.56 Å². The number of aryl methyl sites for hydroxylation is 1. The zero-order valence-electron chi connectivity index (χ0n) is 11.5. The van der Waals surface area contributed by atoms with Gasteiger partial charge in [0.05, 0.1) is 4.88 Å². The quantitative estimate of drug-likeness (QED) is 0.579. The number of amides is 3. The van der Waals surface area contributed by atoms with Crippen LogP contribution in [0.15, 0.2) is 35.7 Å². The Bertz CT molecular complexity index is 716. The molecule has 0 aliphatic carbocycles. The highest BCUT2D eigenvalue weighted by Crippen LogP contribution is 2.19. The van der Waals surface area contributed by atoms with Gasteiger partial charge < -0.3 is 5.32 Å². The van der Waals surface area contributed by atoms with Gasteiger partial charge in [-0.15, -0.1) is 11.3 Å². The van der Waals surface area contributed by atoms with Crippen molar-refractivity contribution >= 4 is 46.3 Å². The smallest absolute Gasteiger partial charge is 0.318 e. The number of hydrazine groups is 1. The number of carbonyl (C=O) groups is 3. The highest BCUT2D eigenvalue weighted by Gasteiger charge is 2.15. The Morgan fingerprint density at radius 3 is 2.50 bits per heavy atom. The highest BCUT2D eigenvalue weighted by atomic mass is 35.5. The largest absolute Gasteiger partial charge is 0.328 e. The van der Waals surface area contributed by atoms with E-state index in [1.807, 2.05) is 12.3 Å². The lowest BCUT2D eigenvalue weighted by Gasteiger charge is -2.08. The fourth-order valence-electron chi connectivity index (χ4n) is 1.50. The fraction of sp³-hybridized carbons (Fsp3) is 0.0714. The minimum atomic E-state index is -0.985. The van der Waals surface area contributed by atoms with E-state index in [4.69, 9.17) is 11.6 Å².